The summed E-state index contributed by atoms with van der Waals surface area (Å²) in [7, 11) is 1.83. The Hall–Kier alpha value is -2.21. The van der Waals surface area contributed by atoms with Crippen molar-refractivity contribution in [2.24, 2.45) is 12.8 Å². The molecule has 0 radical (unpaired) electrons. The first-order valence-corrected chi connectivity index (χ1v) is 6.08. The third kappa shape index (κ3) is 3.17. The fourth-order valence-electron chi connectivity index (χ4n) is 1.84. The summed E-state index contributed by atoms with van der Waals surface area (Å²) in [4.78, 5) is 12.1. The summed E-state index contributed by atoms with van der Waals surface area (Å²) >= 11 is 0. The van der Waals surface area contributed by atoms with Crippen LogP contribution in [0.5, 0.6) is 0 Å². The molecular weight excluding hydrogens is 242 g/mol. The van der Waals surface area contributed by atoms with Crippen LogP contribution in [0.3, 0.4) is 0 Å². The van der Waals surface area contributed by atoms with Crippen LogP contribution in [0.4, 0.5) is 0 Å². The molecule has 1 heterocycles. The van der Waals surface area contributed by atoms with Crippen LogP contribution >= 0.6 is 0 Å². The van der Waals surface area contributed by atoms with E-state index >= 15 is 0 Å². The first kappa shape index (κ1) is 13.2. The summed E-state index contributed by atoms with van der Waals surface area (Å²) in [5.74, 6) is 0.267. The first-order valence-electron chi connectivity index (χ1n) is 6.08. The molecule has 0 aliphatic carbocycles. The average Bonchev–Trinajstić information content (AvgIpc) is 2.84. The van der Waals surface area contributed by atoms with E-state index in [4.69, 9.17) is 5.73 Å². The number of nitrogens with one attached hydrogen (secondary N) is 1. The van der Waals surface area contributed by atoms with Crippen molar-refractivity contribution in [2.75, 3.05) is 6.54 Å². The standard InChI is InChI=1S/C13H17N5O/c1-18-9-16-17-12(18)8-15-13(19)11(7-14)10-5-3-2-4-6-10/h2-6,9,11H,7-8,14H2,1H3,(H,15,19)/t11-/m0/s1. The van der Waals surface area contributed by atoms with Crippen LogP contribution in [-0.4, -0.2) is 27.2 Å². The van der Waals surface area contributed by atoms with Crippen molar-refractivity contribution in [1.82, 2.24) is 20.1 Å². The third-order valence-electron chi connectivity index (χ3n) is 2.98. The van der Waals surface area contributed by atoms with Gasteiger partial charge in [-0.1, -0.05) is 30.3 Å². The molecule has 0 saturated heterocycles. The van der Waals surface area contributed by atoms with Crippen LogP contribution in [0, 0.1) is 0 Å². The summed E-state index contributed by atoms with van der Waals surface area (Å²) in [6.45, 7) is 0.618. The minimum atomic E-state index is -0.338. The van der Waals surface area contributed by atoms with E-state index in [1.165, 1.54) is 0 Å². The van der Waals surface area contributed by atoms with Crippen LogP contribution in [0.2, 0.25) is 0 Å². The molecule has 1 aromatic heterocycles. The van der Waals surface area contributed by atoms with Crippen molar-refractivity contribution in [3.63, 3.8) is 0 Å². The lowest BCUT2D eigenvalue weighted by atomic mass is 9.98. The number of benzene rings is 1. The molecule has 0 spiro atoms. The van der Waals surface area contributed by atoms with E-state index in [2.05, 4.69) is 15.5 Å². The van der Waals surface area contributed by atoms with Gasteiger partial charge in [-0.2, -0.15) is 0 Å². The molecule has 6 heteroatoms. The fraction of sp³-hybridized carbons (Fsp3) is 0.308. The van der Waals surface area contributed by atoms with Crippen LogP contribution in [0.15, 0.2) is 36.7 Å². The van der Waals surface area contributed by atoms with E-state index in [-0.39, 0.29) is 18.4 Å². The van der Waals surface area contributed by atoms with Crippen LogP contribution < -0.4 is 11.1 Å². The predicted octanol–water partition coefficient (Wildman–Crippen LogP) is 0.174. The molecule has 1 amide bonds. The predicted molar refractivity (Wildman–Crippen MR) is 71.1 cm³/mol. The highest BCUT2D eigenvalue weighted by molar-refractivity contribution is 5.83. The molecule has 2 aromatic rings. The second kappa shape index (κ2) is 6.10. The molecule has 0 unspecified atom stereocenters. The van der Waals surface area contributed by atoms with Gasteiger partial charge in [-0.25, -0.2) is 0 Å². The van der Waals surface area contributed by atoms with Gasteiger partial charge in [0.1, 0.15) is 6.33 Å². The van der Waals surface area contributed by atoms with Crippen molar-refractivity contribution < 1.29 is 4.79 Å². The van der Waals surface area contributed by atoms with Crippen molar-refractivity contribution in [1.29, 1.82) is 0 Å². The molecular formula is C13H17N5O. The summed E-state index contributed by atoms with van der Waals surface area (Å²) in [5.41, 5.74) is 6.61. The van der Waals surface area contributed by atoms with Crippen LogP contribution in [0.25, 0.3) is 0 Å². The zero-order chi connectivity index (χ0) is 13.7. The van der Waals surface area contributed by atoms with Crippen LogP contribution in [-0.2, 0) is 18.4 Å². The molecule has 0 fully saturated rings. The lowest BCUT2D eigenvalue weighted by molar-refractivity contribution is -0.122. The highest BCUT2D eigenvalue weighted by Crippen LogP contribution is 2.14. The van der Waals surface area contributed by atoms with Crippen LogP contribution in [0.1, 0.15) is 17.3 Å². The lowest BCUT2D eigenvalue weighted by Crippen LogP contribution is -2.33. The Morgan fingerprint density at radius 3 is 2.74 bits per heavy atom. The van der Waals surface area contributed by atoms with Crippen molar-refractivity contribution in [3.8, 4) is 0 Å². The number of carbonyl (C=O) groups is 1. The smallest absolute Gasteiger partial charge is 0.229 e. The zero-order valence-corrected chi connectivity index (χ0v) is 10.8. The molecule has 1 atom stereocenters. The van der Waals surface area contributed by atoms with Crippen molar-refractivity contribution >= 4 is 5.91 Å². The summed E-state index contributed by atoms with van der Waals surface area (Å²) in [6.07, 6.45) is 1.60. The second-order valence-electron chi connectivity index (χ2n) is 4.27. The molecule has 2 rings (SSSR count). The van der Waals surface area contributed by atoms with E-state index < -0.39 is 0 Å². The molecule has 0 aliphatic rings. The molecule has 1 aromatic carbocycles. The number of aromatic nitrogens is 3. The summed E-state index contributed by atoms with van der Waals surface area (Å²) < 4.78 is 1.76. The highest BCUT2D eigenvalue weighted by Gasteiger charge is 2.18. The van der Waals surface area contributed by atoms with Gasteiger partial charge in [0.15, 0.2) is 5.82 Å². The van der Waals surface area contributed by atoms with Gasteiger partial charge in [0.2, 0.25) is 5.91 Å². The molecule has 0 aliphatic heterocycles. The SMILES string of the molecule is Cn1cnnc1CNC(=O)[C@@H](CN)c1ccccc1. The topological polar surface area (TPSA) is 85.8 Å². The normalized spacial score (nSPS) is 12.1. The Morgan fingerprint density at radius 1 is 1.42 bits per heavy atom. The largest absolute Gasteiger partial charge is 0.348 e. The van der Waals surface area contributed by atoms with Crippen molar-refractivity contribution in [2.45, 2.75) is 12.5 Å². The monoisotopic (exact) mass is 259 g/mol. The Labute approximate surface area is 111 Å². The Balaban J connectivity index is 2.00. The average molecular weight is 259 g/mol. The summed E-state index contributed by atoms with van der Waals surface area (Å²) in [5, 5.41) is 10.5. The third-order valence-corrected chi connectivity index (χ3v) is 2.98. The molecule has 100 valence electrons. The van der Waals surface area contributed by atoms with E-state index in [0.717, 1.165) is 5.56 Å². The number of aryl methyl sites for hydroxylation is 1. The number of nitrogens with two attached hydrogens (primary N) is 1. The van der Waals surface area contributed by atoms with Gasteiger partial charge < -0.3 is 15.6 Å². The number of hydrogen-bond acceptors (Lipinski definition) is 4. The second-order valence-corrected chi connectivity index (χ2v) is 4.27. The van der Waals surface area contributed by atoms with Crippen molar-refractivity contribution in [3.05, 3.63) is 48.0 Å². The number of carbonyl (C=O) groups excluding carboxylic acids is 1. The number of nitrogens with zero attached hydrogens (tertiary/aromatic N) is 3. The molecule has 0 saturated carbocycles. The lowest BCUT2D eigenvalue weighted by Gasteiger charge is -2.14. The highest BCUT2D eigenvalue weighted by atomic mass is 16.1. The van der Waals surface area contributed by atoms with Gasteiger partial charge in [-0.15, -0.1) is 10.2 Å². The first-order chi connectivity index (χ1) is 9.22. The Bertz CT molecular complexity index is 537. The quantitative estimate of drug-likeness (QED) is 0.801. The Morgan fingerprint density at radius 2 is 2.16 bits per heavy atom. The maximum absolute atomic E-state index is 12.1. The number of hydrogen-bond donors (Lipinski definition) is 2. The Kier molecular flexibility index (Phi) is 4.25. The van der Waals surface area contributed by atoms with Gasteiger partial charge in [0.05, 0.1) is 12.5 Å². The fourth-order valence-corrected chi connectivity index (χ4v) is 1.84. The molecule has 6 nitrogen and oxygen atoms in total. The minimum Gasteiger partial charge on any atom is -0.348 e. The van der Waals surface area contributed by atoms with Gasteiger partial charge in [0.25, 0.3) is 0 Å². The maximum Gasteiger partial charge on any atom is 0.229 e. The van der Waals surface area contributed by atoms with Gasteiger partial charge in [-0.05, 0) is 5.56 Å². The molecule has 19 heavy (non-hydrogen) atoms. The molecule has 3 N–H and O–H groups in total. The van der Waals surface area contributed by atoms with Gasteiger partial charge in [0, 0.05) is 13.6 Å². The zero-order valence-electron chi connectivity index (χ0n) is 10.8. The summed E-state index contributed by atoms with van der Waals surface area (Å²) in [6, 6.07) is 9.51. The van der Waals surface area contributed by atoms with E-state index in [1.54, 1.807) is 10.9 Å². The van der Waals surface area contributed by atoms with Gasteiger partial charge >= 0.3 is 0 Å². The van der Waals surface area contributed by atoms with E-state index in [0.29, 0.717) is 12.4 Å². The number of rotatable bonds is 5. The number of amides is 1. The van der Waals surface area contributed by atoms with Gasteiger partial charge in [-0.3, -0.25) is 4.79 Å². The molecule has 0 bridgehead atoms. The maximum atomic E-state index is 12.1. The van der Waals surface area contributed by atoms with E-state index in [9.17, 15) is 4.79 Å². The van der Waals surface area contributed by atoms with E-state index in [1.807, 2.05) is 37.4 Å². The minimum absolute atomic E-state index is 0.100.